The highest BCUT2D eigenvalue weighted by atomic mass is 16.6. The molecular weight excluding hydrogens is 336 g/mol. The van der Waals surface area contributed by atoms with Crippen molar-refractivity contribution in [3.05, 3.63) is 0 Å². The number of carbonyl (C=O) groups excluding carboxylic acids is 2. The van der Waals surface area contributed by atoms with E-state index < -0.39 is 12.2 Å². The van der Waals surface area contributed by atoms with Gasteiger partial charge >= 0.3 is 11.9 Å². The van der Waals surface area contributed by atoms with Crippen molar-refractivity contribution in [3.8, 4) is 0 Å². The first-order valence-corrected chi connectivity index (χ1v) is 10.1. The summed E-state index contributed by atoms with van der Waals surface area (Å²) in [6, 6.07) is 0. The summed E-state index contributed by atoms with van der Waals surface area (Å²) in [5.41, 5.74) is 0. The van der Waals surface area contributed by atoms with Crippen LogP contribution in [-0.2, 0) is 28.5 Å². The Kier molecular flexibility index (Phi) is 4.76. The zero-order valence-electron chi connectivity index (χ0n) is 16.1. The first-order chi connectivity index (χ1) is 12.4. The SMILES string of the molecule is CC(C)O[C@@H]([C@H](OC(C)C)[C@@H]1OC(=O)[C@H]2CC[C@@H]12)[C@@H]1OC(=O)[C@H]2CC[C@@H]12. The van der Waals surface area contributed by atoms with Gasteiger partial charge in [-0.1, -0.05) is 0 Å². The standard InChI is InChI=1S/C20H30O6/c1-9(2)23-17(15-11-5-7-13(11)19(21)25-15)18(24-10(3)4)16-12-6-8-14(12)20(22)26-16/h9-18H,5-8H2,1-4H3/t11-,12-,13+,14+,15-,16-,17-,18-/m1/s1. The Labute approximate surface area is 154 Å². The Bertz CT molecular complexity index is 523. The van der Waals surface area contributed by atoms with E-state index in [1.165, 1.54) is 0 Å². The van der Waals surface area contributed by atoms with E-state index >= 15 is 0 Å². The van der Waals surface area contributed by atoms with Crippen LogP contribution >= 0.6 is 0 Å². The topological polar surface area (TPSA) is 71.1 Å². The summed E-state index contributed by atoms with van der Waals surface area (Å²) in [6.45, 7) is 7.89. The number of hydrogen-bond acceptors (Lipinski definition) is 6. The highest BCUT2D eigenvalue weighted by Gasteiger charge is 2.60. The number of ether oxygens (including phenoxy) is 4. The van der Waals surface area contributed by atoms with Crippen molar-refractivity contribution in [1.29, 1.82) is 0 Å². The monoisotopic (exact) mass is 366 g/mol. The molecule has 0 aromatic rings. The smallest absolute Gasteiger partial charge is 0.309 e. The lowest BCUT2D eigenvalue weighted by Gasteiger charge is -2.42. The molecular formula is C20H30O6. The quantitative estimate of drug-likeness (QED) is 0.645. The molecule has 4 aliphatic rings. The summed E-state index contributed by atoms with van der Waals surface area (Å²) in [5.74, 6) is 0.160. The number of cyclic esters (lactones) is 2. The van der Waals surface area contributed by atoms with Gasteiger partial charge in [0.1, 0.15) is 24.4 Å². The third-order valence-corrected chi connectivity index (χ3v) is 6.44. The van der Waals surface area contributed by atoms with Crippen LogP contribution in [0.1, 0.15) is 53.4 Å². The van der Waals surface area contributed by atoms with E-state index in [2.05, 4.69) is 0 Å². The molecule has 0 aromatic heterocycles. The highest BCUT2D eigenvalue weighted by molar-refractivity contribution is 5.77. The lowest BCUT2D eigenvalue weighted by molar-refractivity contribution is -0.200. The van der Waals surface area contributed by atoms with E-state index in [0.717, 1.165) is 25.7 Å². The van der Waals surface area contributed by atoms with Crippen LogP contribution in [-0.4, -0.2) is 48.6 Å². The maximum absolute atomic E-state index is 12.2. The average Bonchev–Trinajstić information content (AvgIpc) is 2.81. The van der Waals surface area contributed by atoms with Crippen LogP contribution in [0.25, 0.3) is 0 Å². The second-order valence-electron chi connectivity index (χ2n) is 8.80. The average molecular weight is 366 g/mol. The van der Waals surface area contributed by atoms with Crippen molar-refractivity contribution in [2.45, 2.75) is 90.0 Å². The molecule has 0 bridgehead atoms. The van der Waals surface area contributed by atoms with E-state index in [-0.39, 0.29) is 60.0 Å². The minimum Gasteiger partial charge on any atom is -0.459 e. The molecule has 0 aromatic carbocycles. The summed E-state index contributed by atoms with van der Waals surface area (Å²) >= 11 is 0. The normalized spacial score (nSPS) is 40.4. The van der Waals surface area contributed by atoms with Crippen molar-refractivity contribution in [1.82, 2.24) is 0 Å². The van der Waals surface area contributed by atoms with Crippen molar-refractivity contribution < 1.29 is 28.5 Å². The predicted molar refractivity (Wildman–Crippen MR) is 92.2 cm³/mol. The van der Waals surface area contributed by atoms with Crippen molar-refractivity contribution in [3.63, 3.8) is 0 Å². The second kappa shape index (κ2) is 6.79. The Hall–Kier alpha value is -1.14. The van der Waals surface area contributed by atoms with Crippen LogP contribution in [0.3, 0.4) is 0 Å². The Morgan fingerprint density at radius 1 is 0.731 bits per heavy atom. The van der Waals surface area contributed by atoms with Crippen LogP contribution in [0.15, 0.2) is 0 Å². The van der Waals surface area contributed by atoms with Gasteiger partial charge in [-0.15, -0.1) is 0 Å². The summed E-state index contributed by atoms with van der Waals surface area (Å²) in [6.07, 6.45) is 2.22. The summed E-state index contributed by atoms with van der Waals surface area (Å²) in [5, 5.41) is 0. The molecule has 6 nitrogen and oxygen atoms in total. The van der Waals surface area contributed by atoms with Gasteiger partial charge in [-0.25, -0.2) is 0 Å². The fraction of sp³-hybridized carbons (Fsp3) is 0.900. The van der Waals surface area contributed by atoms with Crippen LogP contribution in [0, 0.1) is 23.7 Å². The van der Waals surface area contributed by atoms with Gasteiger partial charge in [0, 0.05) is 11.8 Å². The highest BCUT2D eigenvalue weighted by Crippen LogP contribution is 2.50. The minimum absolute atomic E-state index is 0.000502. The van der Waals surface area contributed by atoms with Gasteiger partial charge in [-0.05, 0) is 53.4 Å². The lowest BCUT2D eigenvalue weighted by Crippen LogP contribution is -2.54. The molecule has 0 spiro atoms. The molecule has 146 valence electrons. The molecule has 0 amide bonds. The van der Waals surface area contributed by atoms with Gasteiger partial charge in [-0.2, -0.15) is 0 Å². The number of rotatable bonds is 7. The van der Waals surface area contributed by atoms with Crippen LogP contribution in [0.2, 0.25) is 0 Å². The van der Waals surface area contributed by atoms with Crippen molar-refractivity contribution in [2.75, 3.05) is 0 Å². The fourth-order valence-electron chi connectivity index (χ4n) is 4.97. The van der Waals surface area contributed by atoms with Crippen molar-refractivity contribution >= 4 is 11.9 Å². The second-order valence-corrected chi connectivity index (χ2v) is 8.80. The summed E-state index contributed by atoms with van der Waals surface area (Å²) < 4.78 is 24.0. The number of esters is 2. The maximum atomic E-state index is 12.2. The van der Waals surface area contributed by atoms with Crippen molar-refractivity contribution in [2.24, 2.45) is 23.7 Å². The first kappa shape index (κ1) is 18.2. The van der Waals surface area contributed by atoms with Crippen LogP contribution < -0.4 is 0 Å². The van der Waals surface area contributed by atoms with E-state index in [4.69, 9.17) is 18.9 Å². The summed E-state index contributed by atoms with van der Waals surface area (Å²) in [4.78, 5) is 24.4. The van der Waals surface area contributed by atoms with Gasteiger partial charge in [0.25, 0.3) is 0 Å². The van der Waals surface area contributed by atoms with E-state index in [0.29, 0.717) is 0 Å². The molecule has 26 heavy (non-hydrogen) atoms. The molecule has 0 radical (unpaired) electrons. The van der Waals surface area contributed by atoms with Gasteiger partial charge in [0.2, 0.25) is 0 Å². The Balaban J connectivity index is 1.61. The first-order valence-electron chi connectivity index (χ1n) is 10.1. The van der Waals surface area contributed by atoms with Gasteiger partial charge in [-0.3, -0.25) is 9.59 Å². The van der Waals surface area contributed by atoms with Crippen LogP contribution in [0.5, 0.6) is 0 Å². The van der Waals surface area contributed by atoms with Crippen LogP contribution in [0.4, 0.5) is 0 Å². The molecule has 0 unspecified atom stereocenters. The molecule has 4 fully saturated rings. The maximum Gasteiger partial charge on any atom is 0.309 e. The van der Waals surface area contributed by atoms with E-state index in [1.807, 2.05) is 27.7 Å². The molecule has 2 saturated heterocycles. The molecule has 0 N–H and O–H groups in total. The molecule has 4 rings (SSSR count). The molecule has 2 aliphatic carbocycles. The predicted octanol–water partition coefficient (Wildman–Crippen LogP) is 2.48. The zero-order valence-corrected chi connectivity index (χ0v) is 16.1. The number of fused-ring (bicyclic) bond motifs is 2. The minimum atomic E-state index is -0.409. The van der Waals surface area contributed by atoms with Gasteiger partial charge in [0.15, 0.2) is 0 Å². The largest absolute Gasteiger partial charge is 0.459 e. The number of carbonyl (C=O) groups is 2. The Morgan fingerprint density at radius 3 is 1.35 bits per heavy atom. The van der Waals surface area contributed by atoms with Gasteiger partial charge in [0.05, 0.1) is 24.0 Å². The number of hydrogen-bond donors (Lipinski definition) is 0. The van der Waals surface area contributed by atoms with E-state index in [1.54, 1.807) is 0 Å². The zero-order chi connectivity index (χ0) is 18.6. The van der Waals surface area contributed by atoms with Gasteiger partial charge < -0.3 is 18.9 Å². The molecule has 2 aliphatic heterocycles. The Morgan fingerprint density at radius 2 is 1.12 bits per heavy atom. The molecule has 2 saturated carbocycles. The van der Waals surface area contributed by atoms with E-state index in [9.17, 15) is 9.59 Å². The third kappa shape index (κ3) is 2.95. The molecule has 2 heterocycles. The lowest BCUT2D eigenvalue weighted by atomic mass is 9.68. The fourth-order valence-corrected chi connectivity index (χ4v) is 4.97. The third-order valence-electron chi connectivity index (χ3n) is 6.44. The molecule has 8 atom stereocenters. The summed E-state index contributed by atoms with van der Waals surface area (Å²) in [7, 11) is 0. The molecule has 6 heteroatoms.